The lowest BCUT2D eigenvalue weighted by atomic mass is 10.1. The predicted octanol–water partition coefficient (Wildman–Crippen LogP) is 3.30. The first-order chi connectivity index (χ1) is 13.5. The highest BCUT2D eigenvalue weighted by Crippen LogP contribution is 2.16. The highest BCUT2D eigenvalue weighted by Gasteiger charge is 2.11. The molecule has 3 aromatic rings. The standard InChI is InChI=1S/C20H16BrN3O4/c21-17-11-10-16(28-17)20(27)22-15-8-6-13(7-9-15)12-18(25)23-24-19(26)14-4-2-1-3-5-14/h1-11H,12H2,(H,22,27)(H,23,25)(H,24,26). The quantitative estimate of drug-likeness (QED) is 0.528. The summed E-state index contributed by atoms with van der Waals surface area (Å²) in [5.74, 6) is -0.942. The van der Waals surface area contributed by atoms with E-state index >= 15 is 0 Å². The van der Waals surface area contributed by atoms with Crippen molar-refractivity contribution in [2.24, 2.45) is 0 Å². The molecule has 0 aliphatic heterocycles. The summed E-state index contributed by atoms with van der Waals surface area (Å²) in [6.45, 7) is 0. The van der Waals surface area contributed by atoms with Gasteiger partial charge in [-0.3, -0.25) is 25.2 Å². The maximum Gasteiger partial charge on any atom is 0.291 e. The summed E-state index contributed by atoms with van der Waals surface area (Å²) < 4.78 is 5.66. The van der Waals surface area contributed by atoms with Gasteiger partial charge < -0.3 is 9.73 Å². The zero-order chi connectivity index (χ0) is 19.9. The van der Waals surface area contributed by atoms with E-state index in [2.05, 4.69) is 32.1 Å². The summed E-state index contributed by atoms with van der Waals surface area (Å²) in [7, 11) is 0. The number of furan rings is 1. The van der Waals surface area contributed by atoms with E-state index in [1.54, 1.807) is 66.7 Å². The van der Waals surface area contributed by atoms with Crippen LogP contribution in [-0.2, 0) is 11.2 Å². The van der Waals surface area contributed by atoms with Crippen molar-refractivity contribution in [1.82, 2.24) is 10.9 Å². The molecule has 1 heterocycles. The summed E-state index contributed by atoms with van der Waals surface area (Å²) >= 11 is 3.14. The average molecular weight is 442 g/mol. The second kappa shape index (κ2) is 9.01. The number of rotatable bonds is 5. The minimum atomic E-state index is -0.392. The number of nitrogens with one attached hydrogen (secondary N) is 3. The zero-order valence-corrected chi connectivity index (χ0v) is 16.2. The van der Waals surface area contributed by atoms with Crippen molar-refractivity contribution in [3.05, 3.63) is 88.3 Å². The number of amides is 3. The van der Waals surface area contributed by atoms with Crippen molar-refractivity contribution < 1.29 is 18.8 Å². The molecule has 0 atom stereocenters. The molecule has 0 spiro atoms. The molecule has 2 aromatic carbocycles. The molecule has 7 nitrogen and oxygen atoms in total. The van der Waals surface area contributed by atoms with E-state index in [1.165, 1.54) is 0 Å². The van der Waals surface area contributed by atoms with Gasteiger partial charge in [0, 0.05) is 11.3 Å². The Labute approximate surface area is 169 Å². The molecule has 0 aliphatic carbocycles. The van der Waals surface area contributed by atoms with Crippen LogP contribution < -0.4 is 16.2 Å². The molecule has 1 aromatic heterocycles. The minimum absolute atomic E-state index is 0.0778. The molecule has 3 N–H and O–H groups in total. The molecule has 0 saturated carbocycles. The molecule has 3 rings (SSSR count). The Kier molecular flexibility index (Phi) is 6.23. The van der Waals surface area contributed by atoms with Gasteiger partial charge in [0.25, 0.3) is 11.8 Å². The van der Waals surface area contributed by atoms with E-state index in [4.69, 9.17) is 4.42 Å². The first kappa shape index (κ1) is 19.4. The van der Waals surface area contributed by atoms with Crippen LogP contribution in [0.25, 0.3) is 0 Å². The van der Waals surface area contributed by atoms with Gasteiger partial charge in [-0.05, 0) is 57.9 Å². The third kappa shape index (κ3) is 5.31. The van der Waals surface area contributed by atoms with E-state index in [1.807, 2.05) is 0 Å². The van der Waals surface area contributed by atoms with Crippen LogP contribution in [0.1, 0.15) is 26.5 Å². The van der Waals surface area contributed by atoms with Gasteiger partial charge in [-0.15, -0.1) is 0 Å². The topological polar surface area (TPSA) is 100 Å². The zero-order valence-electron chi connectivity index (χ0n) is 14.6. The molecule has 28 heavy (non-hydrogen) atoms. The third-order valence-corrected chi connectivity index (χ3v) is 4.15. The Bertz CT molecular complexity index is 984. The van der Waals surface area contributed by atoms with Crippen LogP contribution in [0, 0.1) is 0 Å². The number of hydrogen-bond donors (Lipinski definition) is 3. The third-order valence-electron chi connectivity index (χ3n) is 3.72. The molecular weight excluding hydrogens is 426 g/mol. The number of halogens is 1. The molecule has 0 aliphatic rings. The van der Waals surface area contributed by atoms with Gasteiger partial charge in [-0.2, -0.15) is 0 Å². The monoisotopic (exact) mass is 441 g/mol. The fourth-order valence-corrected chi connectivity index (χ4v) is 2.66. The van der Waals surface area contributed by atoms with Crippen LogP contribution in [0.5, 0.6) is 0 Å². The van der Waals surface area contributed by atoms with Crippen molar-refractivity contribution in [3.63, 3.8) is 0 Å². The van der Waals surface area contributed by atoms with Gasteiger partial charge in [0.05, 0.1) is 6.42 Å². The summed E-state index contributed by atoms with van der Waals surface area (Å²) in [4.78, 5) is 35.9. The van der Waals surface area contributed by atoms with Crippen LogP contribution in [0.2, 0.25) is 0 Å². The number of carbonyl (C=O) groups is 3. The Morgan fingerprint density at radius 3 is 2.18 bits per heavy atom. The van der Waals surface area contributed by atoms with E-state index in [9.17, 15) is 14.4 Å². The van der Waals surface area contributed by atoms with Crippen molar-refractivity contribution in [1.29, 1.82) is 0 Å². The number of anilines is 1. The molecule has 0 bridgehead atoms. The number of benzene rings is 2. The number of carbonyl (C=O) groups excluding carboxylic acids is 3. The van der Waals surface area contributed by atoms with E-state index in [0.29, 0.717) is 15.9 Å². The highest BCUT2D eigenvalue weighted by molar-refractivity contribution is 9.10. The first-order valence-electron chi connectivity index (χ1n) is 8.31. The largest absolute Gasteiger partial charge is 0.444 e. The van der Waals surface area contributed by atoms with Crippen LogP contribution >= 0.6 is 15.9 Å². The smallest absolute Gasteiger partial charge is 0.291 e. The van der Waals surface area contributed by atoms with Gasteiger partial charge in [0.2, 0.25) is 5.91 Å². The van der Waals surface area contributed by atoms with Crippen LogP contribution in [0.4, 0.5) is 5.69 Å². The summed E-state index contributed by atoms with van der Waals surface area (Å²) in [5, 5.41) is 2.70. The molecule has 8 heteroatoms. The van der Waals surface area contributed by atoms with Gasteiger partial charge in [0.1, 0.15) is 0 Å². The molecule has 142 valence electrons. The lowest BCUT2D eigenvalue weighted by Crippen LogP contribution is -2.42. The van der Waals surface area contributed by atoms with Gasteiger partial charge in [0.15, 0.2) is 10.4 Å². The second-order valence-corrected chi connectivity index (χ2v) is 6.58. The Hall–Kier alpha value is -3.39. The van der Waals surface area contributed by atoms with Crippen LogP contribution in [-0.4, -0.2) is 17.7 Å². The highest BCUT2D eigenvalue weighted by atomic mass is 79.9. The SMILES string of the molecule is O=C(Cc1ccc(NC(=O)c2ccc(Br)o2)cc1)NNC(=O)c1ccccc1. The maximum absolute atomic E-state index is 12.0. The molecular formula is C20H16BrN3O4. The normalized spacial score (nSPS) is 10.2. The van der Waals surface area contributed by atoms with Crippen molar-refractivity contribution in [3.8, 4) is 0 Å². The van der Waals surface area contributed by atoms with Crippen LogP contribution in [0.3, 0.4) is 0 Å². The summed E-state index contributed by atoms with van der Waals surface area (Å²) in [6.07, 6.45) is 0.0778. The molecule has 3 amide bonds. The Balaban J connectivity index is 1.49. The van der Waals surface area contributed by atoms with E-state index in [-0.39, 0.29) is 24.0 Å². The summed E-state index contributed by atoms with van der Waals surface area (Å²) in [5.41, 5.74) is 6.49. The predicted molar refractivity (Wildman–Crippen MR) is 107 cm³/mol. The maximum atomic E-state index is 12.0. The number of hydrogen-bond acceptors (Lipinski definition) is 4. The van der Waals surface area contributed by atoms with Gasteiger partial charge >= 0.3 is 0 Å². The molecule has 0 saturated heterocycles. The molecule has 0 unspecified atom stereocenters. The molecule has 0 radical (unpaired) electrons. The minimum Gasteiger partial charge on any atom is -0.444 e. The molecule has 0 fully saturated rings. The van der Waals surface area contributed by atoms with E-state index < -0.39 is 5.91 Å². The lowest BCUT2D eigenvalue weighted by Gasteiger charge is -2.08. The fourth-order valence-electron chi connectivity index (χ4n) is 2.35. The average Bonchev–Trinajstić information content (AvgIpc) is 3.15. The van der Waals surface area contributed by atoms with Gasteiger partial charge in [-0.25, -0.2) is 0 Å². The Morgan fingerprint density at radius 2 is 1.54 bits per heavy atom. The second-order valence-electron chi connectivity index (χ2n) is 5.80. The van der Waals surface area contributed by atoms with Gasteiger partial charge in [-0.1, -0.05) is 30.3 Å². The van der Waals surface area contributed by atoms with E-state index in [0.717, 1.165) is 5.56 Å². The first-order valence-corrected chi connectivity index (χ1v) is 9.10. The van der Waals surface area contributed by atoms with Crippen LogP contribution in [0.15, 0.2) is 75.8 Å². The van der Waals surface area contributed by atoms with Crippen molar-refractivity contribution >= 4 is 39.3 Å². The van der Waals surface area contributed by atoms with Crippen molar-refractivity contribution in [2.45, 2.75) is 6.42 Å². The Morgan fingerprint density at radius 1 is 0.821 bits per heavy atom. The lowest BCUT2D eigenvalue weighted by molar-refractivity contribution is -0.121. The summed E-state index contributed by atoms with van der Waals surface area (Å²) in [6, 6.07) is 18.6. The fraction of sp³-hybridized carbons (Fsp3) is 0.0500. The van der Waals surface area contributed by atoms with Crippen molar-refractivity contribution in [2.75, 3.05) is 5.32 Å². The number of hydrazine groups is 1.